The standard InChI is InChI=1S/C24H42O21/c25-1-5(29)18(39)23(41,19-15(36)12(33)9(30)6(2-26)43-19)22(40)24(42,20-16(37)13(34)10(31)7(3-27)44-20)21-17(38)14(35)11(32)8(4-28)45-21/h5-21,25-39,41-42H,1-4H2/t5-,6-,7-,8-,9+,10-,11+,12+,13+,14+,15-,16-,17-,18-,19?,20?,21?,23-,24?/m1/s1. The van der Waals surface area contributed by atoms with Crippen molar-refractivity contribution in [2.75, 3.05) is 26.4 Å². The number of hydrogen-bond acceptors (Lipinski definition) is 21. The quantitative estimate of drug-likeness (QED) is 0.0972. The maximum atomic E-state index is 14.6. The molecule has 21 nitrogen and oxygen atoms in total. The summed E-state index contributed by atoms with van der Waals surface area (Å²) in [6.07, 6.45) is -41.2. The van der Waals surface area contributed by atoms with Gasteiger partial charge in [0.15, 0.2) is 11.2 Å². The van der Waals surface area contributed by atoms with Crippen LogP contribution in [0.4, 0.5) is 0 Å². The number of rotatable bonds is 11. The molecule has 0 aliphatic carbocycles. The first kappa shape index (κ1) is 38.3. The van der Waals surface area contributed by atoms with Crippen LogP contribution in [0.3, 0.4) is 0 Å². The van der Waals surface area contributed by atoms with Crippen LogP contribution in [0, 0.1) is 0 Å². The first-order valence-electron chi connectivity index (χ1n) is 13.8. The molecule has 3 heterocycles. The Kier molecular flexibility index (Phi) is 12.4. The van der Waals surface area contributed by atoms with Crippen LogP contribution in [-0.4, -0.2) is 234 Å². The van der Waals surface area contributed by atoms with E-state index in [1.807, 2.05) is 0 Å². The van der Waals surface area contributed by atoms with Crippen LogP contribution in [0.2, 0.25) is 0 Å². The van der Waals surface area contributed by atoms with Crippen molar-refractivity contribution in [3.05, 3.63) is 0 Å². The molecule has 0 saturated carbocycles. The normalized spacial score (nSPS) is 46.9. The zero-order valence-electron chi connectivity index (χ0n) is 23.4. The van der Waals surface area contributed by atoms with E-state index in [9.17, 15) is 91.6 Å². The molecule has 0 radical (unpaired) electrons. The fourth-order valence-electron chi connectivity index (χ4n) is 5.96. The molecular formula is C24H42O21. The molecule has 3 aliphatic heterocycles. The van der Waals surface area contributed by atoms with E-state index in [1.54, 1.807) is 0 Å². The van der Waals surface area contributed by atoms with Gasteiger partial charge in [0.05, 0.1) is 26.4 Å². The molecule has 3 saturated heterocycles. The predicted octanol–water partition coefficient (Wildman–Crippen LogP) is -11.7. The molecule has 3 rings (SSSR count). The predicted molar refractivity (Wildman–Crippen MR) is 135 cm³/mol. The van der Waals surface area contributed by atoms with Crippen molar-refractivity contribution in [2.24, 2.45) is 0 Å². The Hall–Kier alpha value is -1.13. The van der Waals surface area contributed by atoms with Gasteiger partial charge in [0, 0.05) is 0 Å². The third-order valence-electron chi connectivity index (χ3n) is 8.71. The van der Waals surface area contributed by atoms with E-state index in [-0.39, 0.29) is 0 Å². The van der Waals surface area contributed by atoms with Gasteiger partial charge in [-0.15, -0.1) is 0 Å². The van der Waals surface area contributed by atoms with E-state index < -0.39 is 147 Å². The number of ether oxygens (including phenoxy) is 3. The fraction of sp³-hybridized carbons (Fsp3) is 0.958. The van der Waals surface area contributed by atoms with Crippen LogP contribution in [0.5, 0.6) is 0 Å². The van der Waals surface area contributed by atoms with Crippen LogP contribution in [0.25, 0.3) is 0 Å². The number of ketones is 1. The highest BCUT2D eigenvalue weighted by Gasteiger charge is 2.71. The van der Waals surface area contributed by atoms with Gasteiger partial charge < -0.3 is 101 Å². The summed E-state index contributed by atoms with van der Waals surface area (Å²) in [5.41, 5.74) is -8.08. The first-order valence-corrected chi connectivity index (χ1v) is 13.8. The molecule has 0 bridgehead atoms. The Balaban J connectivity index is 2.33. The third kappa shape index (κ3) is 6.27. The van der Waals surface area contributed by atoms with E-state index in [0.717, 1.165) is 0 Å². The van der Waals surface area contributed by atoms with Crippen LogP contribution in [-0.2, 0) is 19.0 Å². The van der Waals surface area contributed by atoms with E-state index >= 15 is 0 Å². The molecule has 0 aromatic heterocycles. The van der Waals surface area contributed by atoms with Crippen molar-refractivity contribution in [3.8, 4) is 0 Å². The van der Waals surface area contributed by atoms with Gasteiger partial charge in [0.2, 0.25) is 5.78 Å². The minimum absolute atomic E-state index is 1.17. The van der Waals surface area contributed by atoms with Crippen molar-refractivity contribution in [3.63, 3.8) is 0 Å². The second kappa shape index (κ2) is 14.6. The highest BCUT2D eigenvalue weighted by molar-refractivity contribution is 5.97. The Labute approximate surface area is 253 Å². The summed E-state index contributed by atoms with van der Waals surface area (Å²) in [6.45, 7) is -4.98. The maximum Gasteiger partial charge on any atom is 0.206 e. The van der Waals surface area contributed by atoms with Gasteiger partial charge in [-0.05, 0) is 0 Å². The van der Waals surface area contributed by atoms with Gasteiger partial charge in [-0.1, -0.05) is 0 Å². The smallest absolute Gasteiger partial charge is 0.206 e. The van der Waals surface area contributed by atoms with Crippen LogP contribution in [0.1, 0.15) is 0 Å². The van der Waals surface area contributed by atoms with Crippen molar-refractivity contribution in [2.45, 2.75) is 115 Å². The van der Waals surface area contributed by atoms with Gasteiger partial charge in [-0.3, -0.25) is 4.79 Å². The lowest BCUT2D eigenvalue weighted by molar-refractivity contribution is -0.326. The average molecular weight is 667 g/mol. The second-order valence-electron chi connectivity index (χ2n) is 11.4. The molecule has 3 fully saturated rings. The lowest BCUT2D eigenvalue weighted by atomic mass is 9.66. The monoisotopic (exact) mass is 666 g/mol. The zero-order chi connectivity index (χ0) is 34.3. The van der Waals surface area contributed by atoms with E-state index in [4.69, 9.17) is 14.2 Å². The van der Waals surface area contributed by atoms with E-state index in [1.165, 1.54) is 0 Å². The second-order valence-corrected chi connectivity index (χ2v) is 11.4. The SMILES string of the molecule is O=C(C(O)(C1O[C@H](CO)[C@H](O)[C@H](O)[C@H]1O)C1O[C@H](CO)[C@@H](O)[C@H](O)[C@H]1O)[C@](O)(C1O[C@H](CO)[C@H](O)[C@H](O)[C@H]1O)[C@H](O)[C@H](O)CO. The van der Waals surface area contributed by atoms with Gasteiger partial charge in [0.25, 0.3) is 0 Å². The summed E-state index contributed by atoms with van der Waals surface area (Å²) < 4.78 is 15.8. The van der Waals surface area contributed by atoms with E-state index in [2.05, 4.69) is 0 Å². The molecule has 0 aromatic carbocycles. The van der Waals surface area contributed by atoms with Gasteiger partial charge in [-0.2, -0.15) is 0 Å². The summed E-state index contributed by atoms with van der Waals surface area (Å²) in [5.74, 6) is -2.38. The molecule has 19 atom stereocenters. The van der Waals surface area contributed by atoms with Crippen molar-refractivity contribution < 1.29 is 106 Å². The summed E-state index contributed by atoms with van der Waals surface area (Å²) >= 11 is 0. The number of aliphatic hydroxyl groups excluding tert-OH is 15. The largest absolute Gasteiger partial charge is 0.394 e. The lowest BCUT2D eigenvalue weighted by Crippen LogP contribution is -2.82. The number of carbonyl (C=O) groups is 1. The molecule has 0 amide bonds. The molecule has 21 heteroatoms. The summed E-state index contributed by atoms with van der Waals surface area (Å²) in [6, 6.07) is 0. The molecule has 45 heavy (non-hydrogen) atoms. The fourth-order valence-corrected chi connectivity index (χ4v) is 5.96. The maximum absolute atomic E-state index is 14.6. The molecule has 0 aromatic rings. The summed E-state index contributed by atoms with van der Waals surface area (Å²) in [4.78, 5) is 14.6. The van der Waals surface area contributed by atoms with Crippen LogP contribution >= 0.6 is 0 Å². The Bertz CT molecular complexity index is 947. The molecular weight excluding hydrogens is 624 g/mol. The lowest BCUT2D eigenvalue weighted by Gasteiger charge is -2.55. The number of hydrogen-bond donors (Lipinski definition) is 17. The number of Topliss-reactive ketones (excluding diaryl/α,β-unsaturated/α-hetero) is 1. The molecule has 3 aliphatic rings. The number of carbonyl (C=O) groups excluding carboxylic acids is 1. The first-order chi connectivity index (χ1) is 20.9. The third-order valence-corrected chi connectivity index (χ3v) is 8.71. The highest BCUT2D eigenvalue weighted by atomic mass is 16.6. The van der Waals surface area contributed by atoms with Crippen molar-refractivity contribution in [1.29, 1.82) is 0 Å². The molecule has 4 unspecified atom stereocenters. The van der Waals surface area contributed by atoms with Gasteiger partial charge >= 0.3 is 0 Å². The Morgan fingerprint density at radius 2 is 0.844 bits per heavy atom. The van der Waals surface area contributed by atoms with Crippen LogP contribution in [0.15, 0.2) is 0 Å². The van der Waals surface area contributed by atoms with Crippen LogP contribution < -0.4 is 0 Å². The Morgan fingerprint density at radius 3 is 1.16 bits per heavy atom. The van der Waals surface area contributed by atoms with Gasteiger partial charge in [-0.25, -0.2) is 0 Å². The topological polar surface area (TPSA) is 389 Å². The average Bonchev–Trinajstić information content (AvgIpc) is 3.03. The summed E-state index contributed by atoms with van der Waals surface area (Å²) in [7, 11) is 0. The zero-order valence-corrected chi connectivity index (χ0v) is 23.4. The van der Waals surface area contributed by atoms with E-state index in [0.29, 0.717) is 0 Å². The molecule has 17 N–H and O–H groups in total. The minimum Gasteiger partial charge on any atom is -0.394 e. The van der Waals surface area contributed by atoms with Gasteiger partial charge in [0.1, 0.15) is 104 Å². The molecule has 0 spiro atoms. The summed E-state index contributed by atoms with van der Waals surface area (Å²) in [5, 5.41) is 179. The van der Waals surface area contributed by atoms with Crippen molar-refractivity contribution >= 4 is 5.78 Å². The number of aliphatic hydroxyl groups is 17. The minimum atomic E-state index is -4.07. The highest BCUT2D eigenvalue weighted by Crippen LogP contribution is 2.43. The Morgan fingerprint density at radius 1 is 0.533 bits per heavy atom. The van der Waals surface area contributed by atoms with Crippen molar-refractivity contribution in [1.82, 2.24) is 0 Å². The molecule has 264 valence electrons.